The molecule has 1 unspecified atom stereocenters. The predicted octanol–water partition coefficient (Wildman–Crippen LogP) is 10.5. The first-order valence-corrected chi connectivity index (χ1v) is 16.7. The van der Waals surface area contributed by atoms with Gasteiger partial charge in [-0.3, -0.25) is 0 Å². The lowest BCUT2D eigenvalue weighted by Crippen LogP contribution is -2.32. The van der Waals surface area contributed by atoms with Crippen LogP contribution in [0.15, 0.2) is 12.2 Å². The number of likely N-dealkylation sites (N-methyl/N-ethyl adjacent to an activating group) is 1. The second kappa shape index (κ2) is 31.8. The number of ether oxygens (including phenoxy) is 2. The average Bonchev–Trinajstić information content (AvgIpc) is 2.88. The first kappa shape index (κ1) is 36.6. The minimum absolute atomic E-state index is 0.208. The van der Waals surface area contributed by atoms with Gasteiger partial charge >= 0.3 is 0 Å². The number of nitrogens with zero attached hydrogens (tertiary/aromatic N) is 1. The standard InChI is InChI=1S/C34H69NO2/c1-5-7-9-11-13-15-16-17-18-19-20-21-22-23-24-26-28-30-36-33-34(32-35(3)4)37-31-29-27-25-14-12-10-8-6-2/h17-18,34H,5-16,19-33H2,1-4H3/b18-17-. The lowest BCUT2D eigenvalue weighted by atomic mass is 10.1. The first-order valence-electron chi connectivity index (χ1n) is 16.7. The highest BCUT2D eigenvalue weighted by Crippen LogP contribution is 2.12. The van der Waals surface area contributed by atoms with E-state index in [0.717, 1.165) is 26.4 Å². The lowest BCUT2D eigenvalue weighted by molar-refractivity contribution is -0.0287. The van der Waals surface area contributed by atoms with Gasteiger partial charge in [-0.05, 0) is 52.6 Å². The maximum absolute atomic E-state index is 6.16. The highest BCUT2D eigenvalue weighted by molar-refractivity contribution is 4.81. The van der Waals surface area contributed by atoms with Crippen LogP contribution >= 0.6 is 0 Å². The van der Waals surface area contributed by atoms with Gasteiger partial charge < -0.3 is 14.4 Å². The Bertz CT molecular complexity index is 438. The van der Waals surface area contributed by atoms with E-state index in [1.807, 2.05) is 0 Å². The van der Waals surface area contributed by atoms with Gasteiger partial charge in [-0.2, -0.15) is 0 Å². The third-order valence-electron chi connectivity index (χ3n) is 7.27. The van der Waals surface area contributed by atoms with Gasteiger partial charge in [0.15, 0.2) is 0 Å². The molecule has 0 amide bonds. The van der Waals surface area contributed by atoms with E-state index >= 15 is 0 Å². The van der Waals surface area contributed by atoms with E-state index in [1.165, 1.54) is 148 Å². The molecule has 37 heavy (non-hydrogen) atoms. The van der Waals surface area contributed by atoms with E-state index in [9.17, 15) is 0 Å². The van der Waals surface area contributed by atoms with Crippen LogP contribution in [0.4, 0.5) is 0 Å². The molecular formula is C34H69NO2. The summed E-state index contributed by atoms with van der Waals surface area (Å²) in [6.07, 6.45) is 36.2. The van der Waals surface area contributed by atoms with Crippen molar-refractivity contribution >= 4 is 0 Å². The van der Waals surface area contributed by atoms with Crippen molar-refractivity contribution in [1.29, 1.82) is 0 Å². The molecule has 0 rings (SSSR count). The van der Waals surface area contributed by atoms with Crippen molar-refractivity contribution in [3.63, 3.8) is 0 Å². The average molecular weight is 524 g/mol. The lowest BCUT2D eigenvalue weighted by Gasteiger charge is -2.21. The van der Waals surface area contributed by atoms with Gasteiger partial charge in [0.1, 0.15) is 0 Å². The van der Waals surface area contributed by atoms with Gasteiger partial charge in [-0.1, -0.05) is 135 Å². The Morgan fingerprint density at radius 3 is 1.38 bits per heavy atom. The summed E-state index contributed by atoms with van der Waals surface area (Å²) < 4.78 is 12.2. The second-order valence-electron chi connectivity index (χ2n) is 11.6. The van der Waals surface area contributed by atoms with Crippen molar-refractivity contribution in [2.24, 2.45) is 0 Å². The Labute approximate surface area is 234 Å². The smallest absolute Gasteiger partial charge is 0.0934 e. The van der Waals surface area contributed by atoms with Crippen LogP contribution in [0, 0.1) is 0 Å². The highest BCUT2D eigenvalue weighted by atomic mass is 16.5. The summed E-state index contributed by atoms with van der Waals surface area (Å²) in [6, 6.07) is 0. The third-order valence-corrected chi connectivity index (χ3v) is 7.27. The molecule has 3 heteroatoms. The molecule has 0 aromatic heterocycles. The Balaban J connectivity index is 3.47. The maximum Gasteiger partial charge on any atom is 0.0934 e. The van der Waals surface area contributed by atoms with Gasteiger partial charge in [0.05, 0.1) is 12.7 Å². The van der Waals surface area contributed by atoms with Gasteiger partial charge in [-0.25, -0.2) is 0 Å². The van der Waals surface area contributed by atoms with Crippen LogP contribution in [-0.2, 0) is 9.47 Å². The van der Waals surface area contributed by atoms with E-state index < -0.39 is 0 Å². The zero-order valence-corrected chi connectivity index (χ0v) is 26.1. The van der Waals surface area contributed by atoms with Crippen LogP contribution in [0.3, 0.4) is 0 Å². The van der Waals surface area contributed by atoms with Crippen LogP contribution in [0.2, 0.25) is 0 Å². The number of hydrogen-bond acceptors (Lipinski definition) is 3. The minimum Gasteiger partial charge on any atom is -0.379 e. The van der Waals surface area contributed by atoms with E-state index in [4.69, 9.17) is 9.47 Å². The molecule has 0 bridgehead atoms. The summed E-state index contributed by atoms with van der Waals surface area (Å²) in [7, 11) is 4.25. The second-order valence-corrected chi connectivity index (χ2v) is 11.6. The van der Waals surface area contributed by atoms with E-state index in [0.29, 0.717) is 0 Å². The summed E-state index contributed by atoms with van der Waals surface area (Å²) in [4.78, 5) is 2.22. The fraction of sp³-hybridized carbons (Fsp3) is 0.941. The van der Waals surface area contributed by atoms with Crippen molar-refractivity contribution in [3.05, 3.63) is 12.2 Å². The number of rotatable bonds is 31. The monoisotopic (exact) mass is 524 g/mol. The molecule has 0 saturated heterocycles. The van der Waals surface area contributed by atoms with Gasteiger partial charge in [0.25, 0.3) is 0 Å². The molecule has 0 aromatic carbocycles. The van der Waals surface area contributed by atoms with Crippen LogP contribution in [0.25, 0.3) is 0 Å². The number of allylic oxidation sites excluding steroid dienone is 2. The molecule has 0 spiro atoms. The van der Waals surface area contributed by atoms with Crippen molar-refractivity contribution < 1.29 is 9.47 Å². The molecule has 0 saturated carbocycles. The van der Waals surface area contributed by atoms with Gasteiger partial charge in [0.2, 0.25) is 0 Å². The molecule has 0 N–H and O–H groups in total. The third kappa shape index (κ3) is 31.7. The molecule has 0 aliphatic carbocycles. The van der Waals surface area contributed by atoms with Crippen LogP contribution < -0.4 is 0 Å². The number of unbranched alkanes of at least 4 members (excludes halogenated alkanes) is 20. The minimum atomic E-state index is 0.208. The SMILES string of the molecule is CCCCCCCC/C=C\CCCCCCCCCOCC(CN(C)C)OCCCCCCCCCC. The topological polar surface area (TPSA) is 21.7 Å². The Morgan fingerprint density at radius 1 is 0.514 bits per heavy atom. The van der Waals surface area contributed by atoms with Crippen LogP contribution in [0.1, 0.15) is 162 Å². The van der Waals surface area contributed by atoms with Gasteiger partial charge in [-0.15, -0.1) is 0 Å². The zero-order chi connectivity index (χ0) is 27.1. The molecule has 3 nitrogen and oxygen atoms in total. The van der Waals surface area contributed by atoms with E-state index in [1.54, 1.807) is 0 Å². The normalized spacial score (nSPS) is 12.8. The van der Waals surface area contributed by atoms with Crippen molar-refractivity contribution in [1.82, 2.24) is 4.90 Å². The zero-order valence-electron chi connectivity index (χ0n) is 26.1. The van der Waals surface area contributed by atoms with Crippen LogP contribution in [0.5, 0.6) is 0 Å². The molecular weight excluding hydrogens is 454 g/mol. The van der Waals surface area contributed by atoms with Crippen molar-refractivity contribution in [3.8, 4) is 0 Å². The molecule has 222 valence electrons. The van der Waals surface area contributed by atoms with Crippen LogP contribution in [-0.4, -0.2) is 51.5 Å². The fourth-order valence-electron chi connectivity index (χ4n) is 4.89. The summed E-state index contributed by atoms with van der Waals surface area (Å²) in [5.41, 5.74) is 0. The quantitative estimate of drug-likeness (QED) is 0.0666. The first-order chi connectivity index (χ1) is 18.2. The van der Waals surface area contributed by atoms with E-state index in [2.05, 4.69) is 45.0 Å². The van der Waals surface area contributed by atoms with Crippen molar-refractivity contribution in [2.45, 2.75) is 168 Å². The Hall–Kier alpha value is -0.380. The Morgan fingerprint density at radius 2 is 0.919 bits per heavy atom. The predicted molar refractivity (Wildman–Crippen MR) is 166 cm³/mol. The molecule has 0 fully saturated rings. The highest BCUT2D eigenvalue weighted by Gasteiger charge is 2.10. The largest absolute Gasteiger partial charge is 0.379 e. The summed E-state index contributed by atoms with van der Waals surface area (Å²) >= 11 is 0. The Kier molecular flexibility index (Phi) is 31.5. The molecule has 0 aromatic rings. The molecule has 0 aliphatic heterocycles. The van der Waals surface area contributed by atoms with Gasteiger partial charge in [0, 0.05) is 19.8 Å². The fourth-order valence-corrected chi connectivity index (χ4v) is 4.89. The molecule has 1 atom stereocenters. The summed E-state index contributed by atoms with van der Waals surface area (Å²) in [6.45, 7) is 8.02. The summed E-state index contributed by atoms with van der Waals surface area (Å²) in [5, 5.41) is 0. The summed E-state index contributed by atoms with van der Waals surface area (Å²) in [5.74, 6) is 0. The van der Waals surface area contributed by atoms with Crippen molar-refractivity contribution in [2.75, 3.05) is 40.5 Å². The molecule has 0 radical (unpaired) electrons. The van der Waals surface area contributed by atoms with E-state index in [-0.39, 0.29) is 6.10 Å². The number of hydrogen-bond donors (Lipinski definition) is 0. The molecule has 0 aliphatic rings. The maximum atomic E-state index is 6.16. The molecule has 0 heterocycles.